The van der Waals surface area contributed by atoms with Gasteiger partial charge in [-0.05, 0) is 18.8 Å². The molecule has 0 heterocycles. The fourth-order valence-corrected chi connectivity index (χ4v) is 3.33. The molecule has 1 aliphatic rings. The fourth-order valence-electron chi connectivity index (χ4n) is 1.90. The highest BCUT2D eigenvalue weighted by atomic mass is 31.2. The van der Waals surface area contributed by atoms with Crippen molar-refractivity contribution in [3.63, 3.8) is 0 Å². The third-order valence-electron chi connectivity index (χ3n) is 2.76. The summed E-state index contributed by atoms with van der Waals surface area (Å²) in [5.74, 6) is 0.537. The Morgan fingerprint density at radius 2 is 1.92 bits per heavy atom. The summed E-state index contributed by atoms with van der Waals surface area (Å²) in [6, 6.07) is 0. The first kappa shape index (κ1) is 10.3. The summed E-state index contributed by atoms with van der Waals surface area (Å²) in [4.78, 5) is 9.43. The molecule has 0 spiro atoms. The predicted octanol–water partition coefficient (Wildman–Crippen LogP) is 2.86. The third kappa shape index (κ3) is 3.28. The van der Waals surface area contributed by atoms with Gasteiger partial charge in [-0.2, -0.15) is 0 Å². The largest absolute Gasteiger partial charge is 0.344 e. The van der Waals surface area contributed by atoms with Crippen LogP contribution in [0, 0.1) is 5.92 Å². The first-order chi connectivity index (χ1) is 5.64. The van der Waals surface area contributed by atoms with Crippen molar-refractivity contribution in [1.82, 2.24) is 0 Å². The lowest BCUT2D eigenvalue weighted by Crippen LogP contribution is -2.11. The Kier molecular flexibility index (Phi) is 3.79. The molecule has 1 N–H and O–H groups in total. The Morgan fingerprint density at radius 1 is 1.33 bits per heavy atom. The quantitative estimate of drug-likeness (QED) is 0.695. The van der Waals surface area contributed by atoms with E-state index in [4.69, 9.17) is 0 Å². The normalized spacial score (nSPS) is 25.2. The van der Waals surface area contributed by atoms with Crippen LogP contribution in [0.25, 0.3) is 0 Å². The van der Waals surface area contributed by atoms with Gasteiger partial charge in [-0.1, -0.05) is 26.2 Å². The highest BCUT2D eigenvalue weighted by Gasteiger charge is 2.23. The molecule has 72 valence electrons. The van der Waals surface area contributed by atoms with Crippen LogP contribution < -0.4 is 0 Å². The van der Waals surface area contributed by atoms with E-state index in [-0.39, 0.29) is 0 Å². The lowest BCUT2D eigenvalue weighted by molar-refractivity contribution is 0.372. The number of hydrogen-bond donors (Lipinski definition) is 1. The van der Waals surface area contributed by atoms with Crippen LogP contribution in [0.2, 0.25) is 0 Å². The Morgan fingerprint density at radius 3 is 2.42 bits per heavy atom. The van der Waals surface area contributed by atoms with Crippen molar-refractivity contribution in [2.75, 3.05) is 12.3 Å². The average molecular weight is 190 g/mol. The smallest absolute Gasteiger partial charge is 0.200 e. The van der Waals surface area contributed by atoms with Crippen molar-refractivity contribution in [2.24, 2.45) is 5.92 Å². The van der Waals surface area contributed by atoms with Crippen molar-refractivity contribution in [3.8, 4) is 0 Å². The average Bonchev–Trinajstić information content (AvgIpc) is 2.06. The van der Waals surface area contributed by atoms with Crippen LogP contribution in [-0.4, -0.2) is 17.2 Å². The number of rotatable bonds is 3. The van der Waals surface area contributed by atoms with Crippen molar-refractivity contribution in [2.45, 2.75) is 39.0 Å². The lowest BCUT2D eigenvalue weighted by atomic mass is 9.91. The van der Waals surface area contributed by atoms with E-state index in [1.54, 1.807) is 0 Å². The molecule has 0 aliphatic heterocycles. The van der Waals surface area contributed by atoms with Crippen LogP contribution in [-0.2, 0) is 4.57 Å². The zero-order valence-electron chi connectivity index (χ0n) is 7.83. The maximum atomic E-state index is 11.4. The maximum Gasteiger partial charge on any atom is 0.200 e. The summed E-state index contributed by atoms with van der Waals surface area (Å²) in [5.41, 5.74) is 0. The molecular weight excluding hydrogens is 171 g/mol. The van der Waals surface area contributed by atoms with Gasteiger partial charge in [-0.15, -0.1) is 0 Å². The third-order valence-corrected chi connectivity index (χ3v) is 4.84. The van der Waals surface area contributed by atoms with Gasteiger partial charge >= 0.3 is 0 Å². The minimum Gasteiger partial charge on any atom is -0.344 e. The Labute approximate surface area is 74.8 Å². The second-order valence-electron chi connectivity index (χ2n) is 3.85. The SMILES string of the molecule is CCP(=O)(O)CC1CCCCC1. The van der Waals surface area contributed by atoms with E-state index in [1.165, 1.54) is 32.1 Å². The summed E-state index contributed by atoms with van der Waals surface area (Å²) in [6.07, 6.45) is 7.20. The van der Waals surface area contributed by atoms with E-state index in [0.29, 0.717) is 18.2 Å². The zero-order chi connectivity index (χ0) is 9.03. The Bertz CT molecular complexity index is 173. The molecule has 12 heavy (non-hydrogen) atoms. The molecule has 0 aromatic carbocycles. The summed E-state index contributed by atoms with van der Waals surface area (Å²) in [7, 11) is -2.74. The van der Waals surface area contributed by atoms with Crippen LogP contribution in [0.4, 0.5) is 0 Å². The van der Waals surface area contributed by atoms with Gasteiger partial charge < -0.3 is 4.89 Å². The molecule has 1 unspecified atom stereocenters. The predicted molar refractivity (Wildman–Crippen MR) is 51.8 cm³/mol. The molecule has 0 aromatic heterocycles. The van der Waals surface area contributed by atoms with Crippen LogP contribution in [0.15, 0.2) is 0 Å². The van der Waals surface area contributed by atoms with Crippen LogP contribution in [0.3, 0.4) is 0 Å². The topological polar surface area (TPSA) is 37.3 Å². The highest BCUT2D eigenvalue weighted by Crippen LogP contribution is 2.44. The maximum absolute atomic E-state index is 11.4. The van der Waals surface area contributed by atoms with Crippen molar-refractivity contribution < 1.29 is 9.46 Å². The molecule has 1 saturated carbocycles. The first-order valence-corrected chi connectivity index (χ1v) is 6.98. The van der Waals surface area contributed by atoms with Gasteiger partial charge in [0.2, 0.25) is 7.37 Å². The Balaban J connectivity index is 2.34. The molecule has 1 rings (SSSR count). The van der Waals surface area contributed by atoms with Gasteiger partial charge in [0.25, 0.3) is 0 Å². The minimum absolute atomic E-state index is 0.448. The van der Waals surface area contributed by atoms with E-state index in [2.05, 4.69) is 0 Å². The molecule has 0 aromatic rings. The summed E-state index contributed by atoms with van der Waals surface area (Å²) >= 11 is 0. The van der Waals surface area contributed by atoms with Crippen molar-refractivity contribution >= 4 is 7.37 Å². The monoisotopic (exact) mass is 190 g/mol. The first-order valence-electron chi connectivity index (χ1n) is 4.95. The van der Waals surface area contributed by atoms with E-state index >= 15 is 0 Å². The zero-order valence-corrected chi connectivity index (χ0v) is 8.72. The van der Waals surface area contributed by atoms with Crippen molar-refractivity contribution in [1.29, 1.82) is 0 Å². The molecule has 2 nitrogen and oxygen atoms in total. The number of hydrogen-bond acceptors (Lipinski definition) is 1. The molecule has 0 saturated heterocycles. The van der Waals surface area contributed by atoms with E-state index in [0.717, 1.165) is 0 Å². The highest BCUT2D eigenvalue weighted by molar-refractivity contribution is 7.57. The van der Waals surface area contributed by atoms with Gasteiger partial charge in [-0.25, -0.2) is 0 Å². The van der Waals surface area contributed by atoms with Crippen LogP contribution >= 0.6 is 7.37 Å². The molecule has 1 aliphatic carbocycles. The molecular formula is C9H19O2P. The van der Waals surface area contributed by atoms with Gasteiger partial charge in [0, 0.05) is 12.3 Å². The van der Waals surface area contributed by atoms with Crippen molar-refractivity contribution in [3.05, 3.63) is 0 Å². The van der Waals surface area contributed by atoms with Gasteiger partial charge in [0.05, 0.1) is 0 Å². The van der Waals surface area contributed by atoms with Gasteiger partial charge in [0.15, 0.2) is 0 Å². The lowest BCUT2D eigenvalue weighted by Gasteiger charge is -2.23. The summed E-state index contributed by atoms with van der Waals surface area (Å²) in [6.45, 7) is 1.81. The molecule has 0 bridgehead atoms. The van der Waals surface area contributed by atoms with Crippen LogP contribution in [0.1, 0.15) is 39.0 Å². The van der Waals surface area contributed by atoms with E-state index < -0.39 is 7.37 Å². The van der Waals surface area contributed by atoms with E-state index in [1.807, 2.05) is 6.92 Å². The summed E-state index contributed by atoms with van der Waals surface area (Å²) in [5, 5.41) is 0. The molecule has 0 amide bonds. The van der Waals surface area contributed by atoms with Gasteiger partial charge in [-0.3, -0.25) is 4.57 Å². The minimum atomic E-state index is -2.74. The molecule has 1 fully saturated rings. The molecule has 1 atom stereocenters. The second kappa shape index (κ2) is 4.43. The summed E-state index contributed by atoms with van der Waals surface area (Å²) < 4.78 is 11.4. The second-order valence-corrected chi connectivity index (χ2v) is 6.54. The fraction of sp³-hybridized carbons (Fsp3) is 1.00. The standard InChI is InChI=1S/C9H19O2P/c1-2-12(10,11)8-9-6-4-3-5-7-9/h9H,2-8H2,1H3,(H,10,11). The van der Waals surface area contributed by atoms with Gasteiger partial charge in [0.1, 0.15) is 0 Å². The van der Waals surface area contributed by atoms with E-state index in [9.17, 15) is 9.46 Å². The Hall–Kier alpha value is 0.190. The van der Waals surface area contributed by atoms with Crippen LogP contribution in [0.5, 0.6) is 0 Å². The molecule has 0 radical (unpaired) electrons. The molecule has 3 heteroatoms.